The third kappa shape index (κ3) is 3.86. The SMILES string of the molecule is CC(CNC(=O)OC[C@@H]1C=C2c3cccc4[nH]cc(c34)C[C@H]2N(C)C1)c1ccccc1. The Hall–Kier alpha value is -3.05. The van der Waals surface area contributed by atoms with Crippen LogP contribution < -0.4 is 5.32 Å². The quantitative estimate of drug-likeness (QED) is 0.642. The van der Waals surface area contributed by atoms with Crippen LogP contribution in [0.15, 0.2) is 60.8 Å². The first-order valence-corrected chi connectivity index (χ1v) is 11.1. The van der Waals surface area contributed by atoms with Gasteiger partial charge in [-0.1, -0.05) is 55.5 Å². The maximum absolute atomic E-state index is 12.3. The summed E-state index contributed by atoms with van der Waals surface area (Å²) in [6.07, 6.45) is 5.15. The number of likely N-dealkylation sites (N-methyl/N-ethyl adjacent to an activating group) is 1. The van der Waals surface area contributed by atoms with Crippen LogP contribution in [0.3, 0.4) is 0 Å². The number of hydrogen-bond acceptors (Lipinski definition) is 3. The zero-order chi connectivity index (χ0) is 21.4. The molecule has 0 saturated carbocycles. The van der Waals surface area contributed by atoms with Gasteiger partial charge in [0.15, 0.2) is 0 Å². The summed E-state index contributed by atoms with van der Waals surface area (Å²) < 4.78 is 5.60. The molecule has 1 aromatic heterocycles. The van der Waals surface area contributed by atoms with E-state index in [1.54, 1.807) is 0 Å². The van der Waals surface area contributed by atoms with Crippen molar-refractivity contribution in [3.8, 4) is 0 Å². The van der Waals surface area contributed by atoms with E-state index < -0.39 is 0 Å². The van der Waals surface area contributed by atoms with E-state index in [4.69, 9.17) is 4.74 Å². The molecule has 1 amide bonds. The lowest BCUT2D eigenvalue weighted by Gasteiger charge is -2.39. The average Bonchev–Trinajstić information content (AvgIpc) is 3.21. The Kier molecular flexibility index (Phi) is 5.28. The number of benzene rings is 2. The summed E-state index contributed by atoms with van der Waals surface area (Å²) in [5.74, 6) is 0.431. The summed E-state index contributed by atoms with van der Waals surface area (Å²) in [5, 5.41) is 4.25. The average molecular weight is 416 g/mol. The minimum atomic E-state index is -0.343. The van der Waals surface area contributed by atoms with Gasteiger partial charge in [-0.25, -0.2) is 4.79 Å². The molecule has 3 aromatic rings. The molecule has 5 rings (SSSR count). The molecular formula is C26H29N3O2. The Labute approximate surface area is 183 Å². The lowest BCUT2D eigenvalue weighted by Crippen LogP contribution is -2.43. The summed E-state index contributed by atoms with van der Waals surface area (Å²) in [7, 11) is 2.17. The molecule has 2 heterocycles. The van der Waals surface area contributed by atoms with Gasteiger partial charge in [0, 0.05) is 42.1 Å². The molecule has 5 nitrogen and oxygen atoms in total. The molecule has 0 bridgehead atoms. The molecule has 1 aliphatic heterocycles. The van der Waals surface area contributed by atoms with Gasteiger partial charge >= 0.3 is 6.09 Å². The maximum Gasteiger partial charge on any atom is 0.407 e. The number of alkyl carbamates (subject to hydrolysis) is 1. The Bertz CT molecular complexity index is 1120. The standard InChI is InChI=1S/C26H29N3O2/c1-17(19-7-4-3-5-8-19)13-28-26(30)31-16-18-11-22-21-9-6-10-23-25(21)20(14-27-23)12-24(22)29(2)15-18/h3-11,14,17-18,24,27H,12-13,15-16H2,1-2H3,(H,28,30)/t17?,18-,24-/m1/s1. The summed E-state index contributed by atoms with van der Waals surface area (Å²) in [5.41, 5.74) is 6.46. The van der Waals surface area contributed by atoms with Crippen molar-refractivity contribution in [2.45, 2.75) is 25.3 Å². The van der Waals surface area contributed by atoms with Crippen LogP contribution in [0.2, 0.25) is 0 Å². The number of carbonyl (C=O) groups excluding carboxylic acids is 1. The lowest BCUT2D eigenvalue weighted by atomic mass is 9.80. The number of fused-ring (bicyclic) bond motifs is 2. The van der Waals surface area contributed by atoms with Crippen molar-refractivity contribution < 1.29 is 9.53 Å². The van der Waals surface area contributed by atoms with E-state index in [1.807, 2.05) is 18.2 Å². The molecule has 2 aliphatic rings. The number of ether oxygens (including phenoxy) is 1. The second kappa shape index (κ2) is 8.23. The maximum atomic E-state index is 12.3. The van der Waals surface area contributed by atoms with Crippen LogP contribution in [0.25, 0.3) is 16.5 Å². The summed E-state index contributed by atoms with van der Waals surface area (Å²) in [6.45, 7) is 3.95. The van der Waals surface area contributed by atoms with Crippen LogP contribution >= 0.6 is 0 Å². The van der Waals surface area contributed by atoms with Gasteiger partial charge in [0.25, 0.3) is 0 Å². The fraction of sp³-hybridized carbons (Fsp3) is 0.346. The van der Waals surface area contributed by atoms with Gasteiger partial charge in [0.1, 0.15) is 6.61 Å². The zero-order valence-electron chi connectivity index (χ0n) is 18.1. The fourth-order valence-corrected chi connectivity index (χ4v) is 5.02. The van der Waals surface area contributed by atoms with E-state index in [9.17, 15) is 4.79 Å². The van der Waals surface area contributed by atoms with E-state index in [1.165, 1.54) is 33.2 Å². The molecule has 160 valence electrons. The Morgan fingerprint density at radius 3 is 2.90 bits per heavy atom. The summed E-state index contributed by atoms with van der Waals surface area (Å²) >= 11 is 0. The number of hydrogen-bond donors (Lipinski definition) is 2. The second-order valence-electron chi connectivity index (χ2n) is 8.87. The van der Waals surface area contributed by atoms with Crippen molar-refractivity contribution in [3.05, 3.63) is 77.5 Å². The van der Waals surface area contributed by atoms with E-state index in [2.05, 4.69) is 71.8 Å². The van der Waals surface area contributed by atoms with Gasteiger partial charge in [-0.2, -0.15) is 0 Å². The van der Waals surface area contributed by atoms with Gasteiger partial charge < -0.3 is 15.0 Å². The predicted octanol–water partition coefficient (Wildman–Crippen LogP) is 4.57. The highest BCUT2D eigenvalue weighted by Gasteiger charge is 2.33. The van der Waals surface area contributed by atoms with Gasteiger partial charge in [-0.15, -0.1) is 0 Å². The number of H-pyrrole nitrogens is 1. The lowest BCUT2D eigenvalue weighted by molar-refractivity contribution is 0.120. The number of nitrogens with one attached hydrogen (secondary N) is 2. The first kappa shape index (κ1) is 19.9. The van der Waals surface area contributed by atoms with Crippen LogP contribution in [-0.4, -0.2) is 48.8 Å². The molecule has 3 atom stereocenters. The molecular weight excluding hydrogens is 386 g/mol. The third-order valence-corrected chi connectivity index (χ3v) is 6.69. The molecule has 0 spiro atoms. The molecule has 0 fully saturated rings. The van der Waals surface area contributed by atoms with Crippen molar-refractivity contribution in [2.24, 2.45) is 5.92 Å². The predicted molar refractivity (Wildman–Crippen MR) is 124 cm³/mol. The molecule has 0 saturated heterocycles. The molecule has 1 aliphatic carbocycles. The van der Waals surface area contributed by atoms with Crippen molar-refractivity contribution in [3.63, 3.8) is 0 Å². The zero-order valence-corrected chi connectivity index (χ0v) is 18.1. The monoisotopic (exact) mass is 415 g/mol. The van der Waals surface area contributed by atoms with Gasteiger partial charge in [-0.05, 0) is 47.7 Å². The van der Waals surface area contributed by atoms with Crippen LogP contribution in [0.1, 0.15) is 29.5 Å². The molecule has 2 aromatic carbocycles. The van der Waals surface area contributed by atoms with Crippen molar-refractivity contribution in [1.82, 2.24) is 15.2 Å². The van der Waals surface area contributed by atoms with Crippen LogP contribution in [0.4, 0.5) is 4.79 Å². The Morgan fingerprint density at radius 2 is 2.06 bits per heavy atom. The number of carbonyl (C=O) groups is 1. The van der Waals surface area contributed by atoms with Crippen molar-refractivity contribution in [2.75, 3.05) is 26.7 Å². The largest absolute Gasteiger partial charge is 0.449 e. The molecule has 0 radical (unpaired) electrons. The highest BCUT2D eigenvalue weighted by atomic mass is 16.5. The van der Waals surface area contributed by atoms with Crippen molar-refractivity contribution in [1.29, 1.82) is 0 Å². The number of amides is 1. The van der Waals surface area contributed by atoms with Crippen molar-refractivity contribution >= 4 is 22.6 Å². The smallest absolute Gasteiger partial charge is 0.407 e. The van der Waals surface area contributed by atoms with Gasteiger partial charge in [-0.3, -0.25) is 4.90 Å². The van der Waals surface area contributed by atoms with E-state index in [0.717, 1.165) is 13.0 Å². The van der Waals surface area contributed by atoms with E-state index in [0.29, 0.717) is 19.2 Å². The number of nitrogens with zero attached hydrogens (tertiary/aromatic N) is 1. The van der Waals surface area contributed by atoms with Crippen LogP contribution in [0, 0.1) is 5.92 Å². The Balaban J connectivity index is 1.24. The minimum Gasteiger partial charge on any atom is -0.449 e. The second-order valence-corrected chi connectivity index (χ2v) is 8.87. The number of aromatic nitrogens is 1. The minimum absolute atomic E-state index is 0.185. The van der Waals surface area contributed by atoms with E-state index in [-0.39, 0.29) is 17.9 Å². The highest BCUT2D eigenvalue weighted by molar-refractivity contribution is 5.98. The van der Waals surface area contributed by atoms with E-state index >= 15 is 0 Å². The topological polar surface area (TPSA) is 57.4 Å². The van der Waals surface area contributed by atoms with Gasteiger partial charge in [0.2, 0.25) is 0 Å². The van der Waals surface area contributed by atoms with Gasteiger partial charge in [0.05, 0.1) is 0 Å². The molecule has 5 heteroatoms. The first-order chi connectivity index (χ1) is 15.1. The molecule has 2 N–H and O–H groups in total. The summed E-state index contributed by atoms with van der Waals surface area (Å²) in [4.78, 5) is 18.1. The third-order valence-electron chi connectivity index (χ3n) is 6.69. The number of aromatic amines is 1. The summed E-state index contributed by atoms with van der Waals surface area (Å²) in [6, 6.07) is 17.1. The highest BCUT2D eigenvalue weighted by Crippen LogP contribution is 2.40. The normalized spacial score (nSPS) is 21.3. The fourth-order valence-electron chi connectivity index (χ4n) is 5.02. The first-order valence-electron chi connectivity index (χ1n) is 11.1. The van der Waals surface area contributed by atoms with Crippen LogP contribution in [-0.2, 0) is 11.2 Å². The van der Waals surface area contributed by atoms with Crippen LogP contribution in [0.5, 0.6) is 0 Å². The molecule has 1 unspecified atom stereocenters. The molecule has 31 heavy (non-hydrogen) atoms. The number of rotatable bonds is 5. The Morgan fingerprint density at radius 1 is 1.23 bits per heavy atom.